The summed E-state index contributed by atoms with van der Waals surface area (Å²) < 4.78 is 0. The topological polar surface area (TPSA) is 74.6 Å². The van der Waals surface area contributed by atoms with Gasteiger partial charge >= 0.3 is 60.4 Å². The van der Waals surface area contributed by atoms with E-state index in [0.29, 0.717) is 0 Å². The third-order valence-electron chi connectivity index (χ3n) is 2.50. The third-order valence-corrected chi connectivity index (χ3v) is 2.50. The van der Waals surface area contributed by atoms with Gasteiger partial charge in [-0.1, -0.05) is 59.3 Å². The van der Waals surface area contributed by atoms with Crippen molar-refractivity contribution in [2.45, 2.75) is 72.1 Å². The van der Waals surface area contributed by atoms with E-state index in [1.54, 1.807) is 0 Å². The molecule has 0 aromatic carbocycles. The molecule has 0 aliphatic carbocycles. The maximum absolute atomic E-state index is 9.43. The zero-order valence-corrected chi connectivity index (χ0v) is 16.5. The molecular weight excluding hydrogens is 274 g/mol. The molecule has 0 amide bonds. The summed E-state index contributed by atoms with van der Waals surface area (Å²) in [4.78, 5) is 18.9. The van der Waals surface area contributed by atoms with Crippen LogP contribution >= 0.6 is 0 Å². The summed E-state index contributed by atoms with van der Waals surface area (Å²) in [6.45, 7) is 6.79. The summed E-state index contributed by atoms with van der Waals surface area (Å²) in [5, 5.41) is 15.4. The second kappa shape index (κ2) is 22.8. The van der Waals surface area contributed by atoms with Crippen LogP contribution in [0, 0.1) is 12.3 Å². The molecule has 21 heavy (non-hydrogen) atoms. The summed E-state index contributed by atoms with van der Waals surface area (Å²) >= 11 is 0. The predicted molar refractivity (Wildman–Crippen MR) is 78.1 cm³/mol. The van der Waals surface area contributed by atoms with Gasteiger partial charge in [-0.25, -0.2) is 0 Å². The molecule has 6 heteroatoms. The Kier molecular flexibility index (Phi) is 32.1. The van der Waals surface area contributed by atoms with Crippen LogP contribution in [0.4, 0.5) is 0 Å². The molecular formula is C15H30LiNaO4. The third kappa shape index (κ3) is 38.5. The molecule has 0 bridgehead atoms. The van der Waals surface area contributed by atoms with E-state index in [-0.39, 0.29) is 49.8 Å². The molecule has 0 fully saturated rings. The molecule has 0 aromatic heterocycles. The maximum atomic E-state index is 9.43. The Balaban J connectivity index is -0.0000000850. The molecule has 0 unspecified atom stereocenters. The molecule has 0 aliphatic heterocycles. The molecule has 0 aliphatic rings. The van der Waals surface area contributed by atoms with E-state index in [0.717, 1.165) is 5.92 Å². The average Bonchev–Trinajstić information content (AvgIpc) is 2.26. The molecule has 0 spiro atoms. The minimum Gasteiger partial charge on any atom is -1.00 e. The van der Waals surface area contributed by atoms with Gasteiger partial charge in [0, 0.05) is 0 Å². The summed E-state index contributed by atoms with van der Waals surface area (Å²) in [6, 6.07) is 0. The van der Waals surface area contributed by atoms with Crippen molar-refractivity contribution in [3.05, 3.63) is 6.42 Å². The standard InChI is InChI=1S/C12H25.C3H4O4.Li.Na.H/c1-4-5-6-7-8-9-10-11-12(2)3;4-2(5)1-3(6)7;;;/h11-12H,4-10H2,1-3H3;1H2,(H,4,5)(H,6,7);;;/q-1;;2*+1;-1. The van der Waals surface area contributed by atoms with Crippen molar-refractivity contribution in [3.63, 3.8) is 0 Å². The average molecular weight is 304 g/mol. The monoisotopic (exact) mass is 304 g/mol. The normalized spacial score (nSPS) is 8.95. The van der Waals surface area contributed by atoms with E-state index in [4.69, 9.17) is 10.2 Å². The first-order valence-electron chi connectivity index (χ1n) is 7.17. The van der Waals surface area contributed by atoms with Crippen LogP contribution in [0.2, 0.25) is 0 Å². The number of hydrogen-bond donors (Lipinski definition) is 2. The fraction of sp³-hybridized carbons (Fsp3) is 0.800. The molecule has 0 saturated heterocycles. The van der Waals surface area contributed by atoms with Gasteiger partial charge in [0.1, 0.15) is 6.42 Å². The zero-order chi connectivity index (χ0) is 15.1. The Morgan fingerprint density at radius 3 is 1.76 bits per heavy atom. The molecule has 0 atom stereocenters. The summed E-state index contributed by atoms with van der Waals surface area (Å²) in [5.41, 5.74) is 0. The van der Waals surface area contributed by atoms with Crippen LogP contribution in [0.1, 0.15) is 73.6 Å². The van der Waals surface area contributed by atoms with Crippen LogP contribution in [-0.4, -0.2) is 22.2 Å². The van der Waals surface area contributed by atoms with Gasteiger partial charge < -0.3 is 18.1 Å². The van der Waals surface area contributed by atoms with Crippen LogP contribution in [0.5, 0.6) is 0 Å². The minimum absolute atomic E-state index is 0. The first-order valence-corrected chi connectivity index (χ1v) is 7.17. The van der Waals surface area contributed by atoms with Crippen LogP contribution in [0.3, 0.4) is 0 Å². The van der Waals surface area contributed by atoms with Gasteiger partial charge in [0.2, 0.25) is 0 Å². The van der Waals surface area contributed by atoms with Gasteiger partial charge in [-0.15, -0.1) is 0 Å². The van der Waals surface area contributed by atoms with Crippen molar-refractivity contribution in [1.29, 1.82) is 0 Å². The number of rotatable bonds is 10. The van der Waals surface area contributed by atoms with Gasteiger partial charge in [-0.05, 0) is 0 Å². The zero-order valence-electron chi connectivity index (χ0n) is 15.5. The van der Waals surface area contributed by atoms with Crippen molar-refractivity contribution in [1.82, 2.24) is 0 Å². The number of unbranched alkanes of at least 4 members (excludes halogenated alkanes) is 6. The number of aliphatic carboxylic acids is 2. The van der Waals surface area contributed by atoms with E-state index in [1.165, 1.54) is 44.9 Å². The maximum Gasteiger partial charge on any atom is 1.00 e. The van der Waals surface area contributed by atoms with Crippen molar-refractivity contribution >= 4 is 11.9 Å². The first-order chi connectivity index (χ1) is 8.90. The largest absolute Gasteiger partial charge is 1.00 e. The van der Waals surface area contributed by atoms with Crippen molar-refractivity contribution < 1.29 is 69.6 Å². The van der Waals surface area contributed by atoms with E-state index < -0.39 is 18.4 Å². The molecule has 4 nitrogen and oxygen atoms in total. The second-order valence-corrected chi connectivity index (χ2v) is 5.00. The Bertz CT molecular complexity index is 230. The first kappa shape index (κ1) is 29.5. The number of carbonyl (C=O) groups is 2. The number of carboxylic acid groups (broad SMARTS) is 2. The van der Waals surface area contributed by atoms with Crippen molar-refractivity contribution in [2.24, 2.45) is 5.92 Å². The van der Waals surface area contributed by atoms with Crippen LogP contribution in [0.15, 0.2) is 0 Å². The smallest absolute Gasteiger partial charge is 1.00 e. The summed E-state index contributed by atoms with van der Waals surface area (Å²) in [5.74, 6) is -1.85. The van der Waals surface area contributed by atoms with Gasteiger partial charge in [-0.2, -0.15) is 12.3 Å². The van der Waals surface area contributed by atoms with Crippen LogP contribution in [0.25, 0.3) is 0 Å². The molecule has 0 radical (unpaired) electrons. The quantitative estimate of drug-likeness (QED) is 0.218. The van der Waals surface area contributed by atoms with E-state index in [1.807, 2.05) is 0 Å². The Morgan fingerprint density at radius 1 is 1.00 bits per heavy atom. The number of carboxylic acids is 2. The predicted octanol–water partition coefficient (Wildman–Crippen LogP) is -1.74. The van der Waals surface area contributed by atoms with Gasteiger partial charge in [0.25, 0.3) is 0 Å². The fourth-order valence-corrected chi connectivity index (χ4v) is 1.51. The Labute approximate surface area is 165 Å². The minimum atomic E-state index is -1.31. The Hall–Kier alpha value is 0.537. The molecule has 0 aromatic rings. The summed E-state index contributed by atoms with van der Waals surface area (Å²) in [6.07, 6.45) is 11.5. The fourth-order valence-electron chi connectivity index (χ4n) is 1.51. The van der Waals surface area contributed by atoms with Gasteiger partial charge in [0.05, 0.1) is 0 Å². The van der Waals surface area contributed by atoms with Gasteiger partial charge in [-0.3, -0.25) is 9.59 Å². The number of hydrogen-bond acceptors (Lipinski definition) is 2. The van der Waals surface area contributed by atoms with E-state index >= 15 is 0 Å². The van der Waals surface area contributed by atoms with Crippen LogP contribution in [-0.2, 0) is 9.59 Å². The Morgan fingerprint density at radius 2 is 1.43 bits per heavy atom. The van der Waals surface area contributed by atoms with Crippen molar-refractivity contribution in [3.8, 4) is 0 Å². The summed E-state index contributed by atoms with van der Waals surface area (Å²) in [7, 11) is 0. The molecule has 0 heterocycles. The second-order valence-electron chi connectivity index (χ2n) is 5.00. The molecule has 0 rings (SSSR count). The van der Waals surface area contributed by atoms with Crippen molar-refractivity contribution in [2.75, 3.05) is 0 Å². The molecule has 116 valence electrons. The SMILES string of the molecule is CCCCCCCC[CH-]C(C)C.O=C(O)CC(=O)O.[H-].[Li+].[Na+]. The van der Waals surface area contributed by atoms with Gasteiger partial charge in [0.15, 0.2) is 0 Å². The van der Waals surface area contributed by atoms with E-state index in [9.17, 15) is 9.59 Å². The van der Waals surface area contributed by atoms with E-state index in [2.05, 4.69) is 27.2 Å². The molecule has 0 saturated carbocycles. The van der Waals surface area contributed by atoms with Crippen LogP contribution < -0.4 is 48.4 Å². The molecule has 2 N–H and O–H groups in total.